The molecule has 5 nitrogen and oxygen atoms in total. The number of amides is 2. The molecule has 1 aromatic rings. The monoisotopic (exact) mass is 350 g/mol. The number of nitrogens with one attached hydrogen (secondary N) is 2. The Morgan fingerprint density at radius 2 is 2.21 bits per heavy atom. The minimum atomic E-state index is -0.149. The second-order valence-electron chi connectivity index (χ2n) is 7.83. The summed E-state index contributed by atoms with van der Waals surface area (Å²) in [5, 5.41) is 8.68. The van der Waals surface area contributed by atoms with E-state index in [1.807, 2.05) is 0 Å². The van der Waals surface area contributed by atoms with Gasteiger partial charge in [0.05, 0.1) is 5.69 Å². The van der Waals surface area contributed by atoms with E-state index in [0.29, 0.717) is 17.6 Å². The minimum Gasteiger partial charge on any atom is -0.336 e. The van der Waals surface area contributed by atoms with E-state index in [-0.39, 0.29) is 11.6 Å². The van der Waals surface area contributed by atoms with Gasteiger partial charge in [0.15, 0.2) is 5.13 Å². The van der Waals surface area contributed by atoms with Crippen LogP contribution in [0.15, 0.2) is 5.38 Å². The van der Waals surface area contributed by atoms with Crippen molar-refractivity contribution in [2.45, 2.75) is 64.3 Å². The third-order valence-corrected chi connectivity index (χ3v) is 6.15. The van der Waals surface area contributed by atoms with Crippen molar-refractivity contribution in [1.29, 1.82) is 0 Å². The van der Waals surface area contributed by atoms with E-state index in [9.17, 15) is 4.79 Å². The maximum atomic E-state index is 12.2. The van der Waals surface area contributed by atoms with Gasteiger partial charge in [0.1, 0.15) is 0 Å². The first-order valence-electron chi connectivity index (χ1n) is 9.23. The first-order valence-corrected chi connectivity index (χ1v) is 10.1. The summed E-state index contributed by atoms with van der Waals surface area (Å²) in [6.07, 6.45) is 6.31. The van der Waals surface area contributed by atoms with Gasteiger partial charge in [-0.25, -0.2) is 9.78 Å². The number of thiazole rings is 1. The number of nitrogens with zero attached hydrogens (tertiary/aromatic N) is 2. The van der Waals surface area contributed by atoms with Gasteiger partial charge in [0.2, 0.25) is 0 Å². The first-order chi connectivity index (χ1) is 11.5. The lowest BCUT2D eigenvalue weighted by atomic mass is 9.91. The fourth-order valence-corrected chi connectivity index (χ4v) is 4.20. The van der Waals surface area contributed by atoms with Crippen LogP contribution in [0.3, 0.4) is 0 Å². The van der Waals surface area contributed by atoms with Crippen LogP contribution in [0.2, 0.25) is 0 Å². The van der Waals surface area contributed by atoms with Gasteiger partial charge in [-0.3, -0.25) is 10.2 Å². The van der Waals surface area contributed by atoms with E-state index in [1.165, 1.54) is 43.4 Å². The van der Waals surface area contributed by atoms with Gasteiger partial charge >= 0.3 is 6.03 Å². The molecule has 2 fully saturated rings. The third-order valence-electron chi connectivity index (χ3n) is 5.37. The van der Waals surface area contributed by atoms with Gasteiger partial charge in [-0.15, -0.1) is 11.3 Å². The number of rotatable bonds is 6. The number of aromatic nitrogens is 1. The van der Waals surface area contributed by atoms with Crippen LogP contribution in [-0.2, 0) is 0 Å². The molecule has 1 aliphatic heterocycles. The van der Waals surface area contributed by atoms with Crippen molar-refractivity contribution in [3.8, 4) is 0 Å². The standard InChI is InChI=1S/C18H30N4OS/c1-4-13-6-5-9-22(10-13)18(2,3)12-19-16(23)21-17-20-15(11-24-17)14-7-8-14/h11,13-14H,4-10,12H2,1-3H3,(H2,19,20,21,23)/t13-/m1/s1. The van der Waals surface area contributed by atoms with Crippen molar-refractivity contribution in [2.24, 2.45) is 5.92 Å². The molecule has 2 amide bonds. The number of likely N-dealkylation sites (tertiary alicyclic amines) is 1. The van der Waals surface area contributed by atoms with Crippen LogP contribution in [0.4, 0.5) is 9.93 Å². The molecule has 1 atom stereocenters. The first kappa shape index (κ1) is 17.7. The highest BCUT2D eigenvalue weighted by atomic mass is 32.1. The maximum absolute atomic E-state index is 12.2. The quantitative estimate of drug-likeness (QED) is 0.814. The van der Waals surface area contributed by atoms with Gasteiger partial charge in [0, 0.05) is 29.9 Å². The molecule has 0 aromatic carbocycles. The second-order valence-corrected chi connectivity index (χ2v) is 8.69. The number of anilines is 1. The molecule has 6 heteroatoms. The Bertz CT molecular complexity index is 567. The van der Waals surface area contributed by atoms with Crippen LogP contribution in [0.5, 0.6) is 0 Å². The number of carbonyl (C=O) groups excluding carboxylic acids is 1. The van der Waals surface area contributed by atoms with Crippen molar-refractivity contribution in [1.82, 2.24) is 15.2 Å². The Morgan fingerprint density at radius 3 is 2.92 bits per heavy atom. The average Bonchev–Trinajstić information content (AvgIpc) is 3.33. The summed E-state index contributed by atoms with van der Waals surface area (Å²) in [6, 6.07) is -0.149. The molecule has 2 heterocycles. The predicted molar refractivity (Wildman–Crippen MR) is 99.8 cm³/mol. The van der Waals surface area contributed by atoms with E-state index in [0.717, 1.165) is 24.7 Å². The lowest BCUT2D eigenvalue weighted by Crippen LogP contribution is -2.55. The summed E-state index contributed by atoms with van der Waals surface area (Å²) in [6.45, 7) is 9.64. The van der Waals surface area contributed by atoms with Crippen LogP contribution in [0.25, 0.3) is 0 Å². The Balaban J connectivity index is 1.46. The SMILES string of the molecule is CC[C@@H]1CCCN(C(C)(C)CNC(=O)Nc2nc(C3CC3)cs2)C1. The van der Waals surface area contributed by atoms with Crippen LogP contribution >= 0.6 is 11.3 Å². The molecule has 0 spiro atoms. The van der Waals surface area contributed by atoms with Crippen molar-refractivity contribution in [3.05, 3.63) is 11.1 Å². The van der Waals surface area contributed by atoms with Gasteiger partial charge in [-0.2, -0.15) is 0 Å². The van der Waals surface area contributed by atoms with E-state index in [1.54, 1.807) is 0 Å². The van der Waals surface area contributed by atoms with E-state index in [4.69, 9.17) is 0 Å². The molecule has 0 unspecified atom stereocenters. The zero-order chi connectivity index (χ0) is 17.2. The molecule has 1 aliphatic carbocycles. The van der Waals surface area contributed by atoms with Crippen molar-refractivity contribution in [2.75, 3.05) is 25.0 Å². The lowest BCUT2D eigenvalue weighted by Gasteiger charge is -2.43. The van der Waals surface area contributed by atoms with E-state index >= 15 is 0 Å². The Labute approximate surface area is 149 Å². The van der Waals surface area contributed by atoms with Crippen LogP contribution in [0, 0.1) is 5.92 Å². The number of urea groups is 1. The summed E-state index contributed by atoms with van der Waals surface area (Å²) in [5.41, 5.74) is 1.11. The Kier molecular flexibility index (Phi) is 5.45. The normalized spacial score (nSPS) is 22.4. The average molecular weight is 351 g/mol. The highest BCUT2D eigenvalue weighted by Gasteiger charge is 2.31. The Morgan fingerprint density at radius 1 is 1.42 bits per heavy atom. The van der Waals surface area contributed by atoms with Crippen molar-refractivity contribution < 1.29 is 4.79 Å². The molecule has 24 heavy (non-hydrogen) atoms. The van der Waals surface area contributed by atoms with Gasteiger partial charge in [-0.1, -0.05) is 13.3 Å². The molecule has 2 aliphatic rings. The van der Waals surface area contributed by atoms with E-state index in [2.05, 4.69) is 46.7 Å². The smallest absolute Gasteiger partial charge is 0.321 e. The third kappa shape index (κ3) is 4.48. The molecule has 0 bridgehead atoms. The topological polar surface area (TPSA) is 57.3 Å². The van der Waals surface area contributed by atoms with Crippen molar-refractivity contribution >= 4 is 22.5 Å². The molecule has 1 saturated carbocycles. The second kappa shape index (κ2) is 7.40. The molecular formula is C18H30N4OS. The summed E-state index contributed by atoms with van der Waals surface area (Å²) < 4.78 is 0. The number of hydrogen-bond acceptors (Lipinski definition) is 4. The van der Waals surface area contributed by atoms with Gasteiger partial charge in [-0.05, 0) is 52.0 Å². The highest BCUT2D eigenvalue weighted by molar-refractivity contribution is 7.13. The van der Waals surface area contributed by atoms with Gasteiger partial charge in [0.25, 0.3) is 0 Å². The van der Waals surface area contributed by atoms with Crippen LogP contribution < -0.4 is 10.6 Å². The summed E-state index contributed by atoms with van der Waals surface area (Å²) in [7, 11) is 0. The highest BCUT2D eigenvalue weighted by Crippen LogP contribution is 2.40. The fourth-order valence-electron chi connectivity index (χ4n) is 3.41. The molecule has 0 radical (unpaired) electrons. The molecule has 3 rings (SSSR count). The summed E-state index contributed by atoms with van der Waals surface area (Å²) >= 11 is 1.52. The number of piperidine rings is 1. The minimum absolute atomic E-state index is 0.0206. The summed E-state index contributed by atoms with van der Waals surface area (Å²) in [4.78, 5) is 19.2. The largest absolute Gasteiger partial charge is 0.336 e. The zero-order valence-electron chi connectivity index (χ0n) is 15.1. The number of hydrogen-bond donors (Lipinski definition) is 2. The molecule has 134 valence electrons. The zero-order valence-corrected chi connectivity index (χ0v) is 15.9. The number of carbonyl (C=O) groups is 1. The molecule has 1 aromatic heterocycles. The van der Waals surface area contributed by atoms with Gasteiger partial charge < -0.3 is 5.32 Å². The Hall–Kier alpha value is -1.14. The predicted octanol–water partition coefficient (Wildman–Crippen LogP) is 4.04. The maximum Gasteiger partial charge on any atom is 0.321 e. The molecule has 2 N–H and O–H groups in total. The van der Waals surface area contributed by atoms with Crippen LogP contribution in [0.1, 0.15) is 64.5 Å². The lowest BCUT2D eigenvalue weighted by molar-refractivity contribution is 0.0669. The van der Waals surface area contributed by atoms with E-state index < -0.39 is 0 Å². The fraction of sp³-hybridized carbons (Fsp3) is 0.778. The molecule has 1 saturated heterocycles. The summed E-state index contributed by atoms with van der Waals surface area (Å²) in [5.74, 6) is 1.42. The van der Waals surface area contributed by atoms with Crippen LogP contribution in [-0.4, -0.2) is 41.1 Å². The van der Waals surface area contributed by atoms with Crippen molar-refractivity contribution in [3.63, 3.8) is 0 Å². The molecular weight excluding hydrogens is 320 g/mol.